The second kappa shape index (κ2) is 11.2. The predicted octanol–water partition coefficient (Wildman–Crippen LogP) is 5.00. The van der Waals surface area contributed by atoms with Gasteiger partial charge < -0.3 is 19.7 Å². The summed E-state index contributed by atoms with van der Waals surface area (Å²) in [4.78, 5) is 2.42. The van der Waals surface area contributed by atoms with E-state index in [4.69, 9.17) is 9.47 Å². The van der Waals surface area contributed by atoms with Crippen LogP contribution in [0.15, 0.2) is 54.6 Å². The summed E-state index contributed by atoms with van der Waals surface area (Å²) in [5.74, 6) is 1.85. The molecule has 2 N–H and O–H groups in total. The van der Waals surface area contributed by atoms with E-state index in [0.717, 1.165) is 39.9 Å². The highest BCUT2D eigenvalue weighted by atomic mass is 16.5. The molecule has 3 aromatic carbocycles. The van der Waals surface area contributed by atoms with Crippen LogP contribution in [0.3, 0.4) is 0 Å². The molecule has 0 unspecified atom stereocenters. The third-order valence-corrected chi connectivity index (χ3v) is 5.67. The summed E-state index contributed by atoms with van der Waals surface area (Å²) < 4.78 is 11.8. The summed E-state index contributed by atoms with van der Waals surface area (Å²) in [7, 11) is 0. The Balaban J connectivity index is 1.73. The molecule has 0 aliphatic heterocycles. The number of phenolic OH excluding ortho intramolecular Hbond substituents is 1. The summed E-state index contributed by atoms with van der Waals surface area (Å²) in [6.45, 7) is 10.6. The largest absolute Gasteiger partial charge is 0.508 e. The Morgan fingerprint density at radius 1 is 0.844 bits per heavy atom. The first-order valence-corrected chi connectivity index (χ1v) is 11.3. The average Bonchev–Trinajstić information content (AvgIpc) is 2.76. The maximum atomic E-state index is 9.84. The standard InChI is InChI=1S/C27H35NO4/c1-19(2)28(20(3)4)13-15-31-24-9-5-21(6-10-24)17-26-25-11-8-23(30)18-22(25)7-12-27(26)32-16-14-29/h5-12,18-20,29-30H,13-17H2,1-4H3. The number of aliphatic hydroxyl groups is 1. The third-order valence-electron chi connectivity index (χ3n) is 5.67. The van der Waals surface area contributed by atoms with Gasteiger partial charge in [0.05, 0.1) is 6.61 Å². The molecule has 0 saturated heterocycles. The van der Waals surface area contributed by atoms with Gasteiger partial charge in [0.15, 0.2) is 0 Å². The van der Waals surface area contributed by atoms with Gasteiger partial charge in [-0.1, -0.05) is 24.3 Å². The van der Waals surface area contributed by atoms with Gasteiger partial charge in [0.1, 0.15) is 30.5 Å². The Morgan fingerprint density at radius 2 is 1.56 bits per heavy atom. The van der Waals surface area contributed by atoms with Gasteiger partial charge in [-0.25, -0.2) is 0 Å². The average molecular weight is 438 g/mol. The van der Waals surface area contributed by atoms with Crippen molar-refractivity contribution >= 4 is 10.8 Å². The first-order valence-electron chi connectivity index (χ1n) is 11.3. The van der Waals surface area contributed by atoms with E-state index in [-0.39, 0.29) is 19.0 Å². The van der Waals surface area contributed by atoms with Crippen molar-refractivity contribution in [3.63, 3.8) is 0 Å². The Hall–Kier alpha value is -2.76. The Bertz CT molecular complexity index is 990. The lowest BCUT2D eigenvalue weighted by atomic mass is 9.97. The van der Waals surface area contributed by atoms with Crippen molar-refractivity contribution in [3.05, 3.63) is 65.7 Å². The molecule has 0 heterocycles. The Kier molecular flexibility index (Phi) is 8.37. The van der Waals surface area contributed by atoms with E-state index in [1.807, 2.05) is 30.3 Å². The lowest BCUT2D eigenvalue weighted by Gasteiger charge is -2.30. The van der Waals surface area contributed by atoms with Crippen LogP contribution >= 0.6 is 0 Å². The normalized spacial score (nSPS) is 11.6. The van der Waals surface area contributed by atoms with Crippen molar-refractivity contribution in [2.75, 3.05) is 26.4 Å². The second-order valence-corrected chi connectivity index (χ2v) is 8.61. The zero-order chi connectivity index (χ0) is 23.1. The number of nitrogens with zero attached hydrogens (tertiary/aromatic N) is 1. The highest BCUT2D eigenvalue weighted by molar-refractivity contribution is 5.89. The van der Waals surface area contributed by atoms with Crippen LogP contribution in [-0.2, 0) is 6.42 Å². The van der Waals surface area contributed by atoms with E-state index in [1.54, 1.807) is 12.1 Å². The van der Waals surface area contributed by atoms with Gasteiger partial charge in [-0.3, -0.25) is 4.90 Å². The molecule has 0 aliphatic carbocycles. The molecule has 3 aromatic rings. The number of aliphatic hydroxyl groups excluding tert-OH is 1. The maximum absolute atomic E-state index is 9.84. The monoisotopic (exact) mass is 437 g/mol. The first kappa shape index (κ1) is 23.9. The van der Waals surface area contributed by atoms with Gasteiger partial charge in [0.25, 0.3) is 0 Å². The smallest absolute Gasteiger partial charge is 0.123 e. The molecule has 0 atom stereocenters. The van der Waals surface area contributed by atoms with Crippen LogP contribution in [0.25, 0.3) is 10.8 Å². The highest BCUT2D eigenvalue weighted by Gasteiger charge is 2.13. The molecule has 32 heavy (non-hydrogen) atoms. The number of rotatable bonds is 11. The summed E-state index contributed by atoms with van der Waals surface area (Å²) in [6.07, 6.45) is 0.678. The van der Waals surface area contributed by atoms with Crippen LogP contribution < -0.4 is 9.47 Å². The molecule has 0 aromatic heterocycles. The van der Waals surface area contributed by atoms with Crippen LogP contribution in [0.2, 0.25) is 0 Å². The Morgan fingerprint density at radius 3 is 2.22 bits per heavy atom. The number of hydrogen-bond acceptors (Lipinski definition) is 5. The van der Waals surface area contributed by atoms with Gasteiger partial charge >= 0.3 is 0 Å². The van der Waals surface area contributed by atoms with Gasteiger partial charge in [-0.2, -0.15) is 0 Å². The number of benzene rings is 3. The molecule has 0 amide bonds. The molecule has 0 radical (unpaired) electrons. The van der Waals surface area contributed by atoms with E-state index in [2.05, 4.69) is 44.7 Å². The highest BCUT2D eigenvalue weighted by Crippen LogP contribution is 2.32. The Labute approximate surface area is 191 Å². The molecule has 5 nitrogen and oxygen atoms in total. The zero-order valence-electron chi connectivity index (χ0n) is 19.5. The number of ether oxygens (including phenoxy) is 2. The molecular formula is C27H35NO4. The van der Waals surface area contributed by atoms with Gasteiger partial charge in [0.2, 0.25) is 0 Å². The third kappa shape index (κ3) is 6.15. The van der Waals surface area contributed by atoms with Gasteiger partial charge in [-0.05, 0) is 74.4 Å². The maximum Gasteiger partial charge on any atom is 0.123 e. The molecule has 0 bridgehead atoms. The fraction of sp³-hybridized carbons (Fsp3) is 0.407. The van der Waals surface area contributed by atoms with E-state index >= 15 is 0 Å². The van der Waals surface area contributed by atoms with Crippen LogP contribution in [0.1, 0.15) is 38.8 Å². The van der Waals surface area contributed by atoms with E-state index < -0.39 is 0 Å². The molecule has 3 rings (SSSR count). The van der Waals surface area contributed by atoms with Crippen molar-refractivity contribution in [2.24, 2.45) is 0 Å². The van der Waals surface area contributed by atoms with E-state index in [1.165, 1.54) is 0 Å². The number of fused-ring (bicyclic) bond motifs is 1. The fourth-order valence-corrected chi connectivity index (χ4v) is 4.12. The molecule has 172 valence electrons. The quantitative estimate of drug-likeness (QED) is 0.442. The number of aromatic hydroxyl groups is 1. The minimum atomic E-state index is -0.0376. The van der Waals surface area contributed by atoms with E-state index in [9.17, 15) is 10.2 Å². The minimum absolute atomic E-state index is 0.0376. The summed E-state index contributed by atoms with van der Waals surface area (Å²) in [5.41, 5.74) is 2.17. The van der Waals surface area contributed by atoms with Crippen LogP contribution in [0, 0.1) is 0 Å². The molecule has 5 heteroatoms. The lowest BCUT2D eigenvalue weighted by molar-refractivity contribution is 0.142. The topological polar surface area (TPSA) is 62.2 Å². The zero-order valence-corrected chi connectivity index (χ0v) is 19.5. The first-order chi connectivity index (χ1) is 15.4. The summed E-state index contributed by atoms with van der Waals surface area (Å²) in [6, 6.07) is 18.3. The predicted molar refractivity (Wildman–Crippen MR) is 130 cm³/mol. The second-order valence-electron chi connectivity index (χ2n) is 8.61. The fourth-order valence-electron chi connectivity index (χ4n) is 4.12. The van der Waals surface area contributed by atoms with Crippen LogP contribution in [-0.4, -0.2) is 53.6 Å². The van der Waals surface area contributed by atoms with Crippen molar-refractivity contribution in [3.8, 4) is 17.2 Å². The molecule has 0 fully saturated rings. The van der Waals surface area contributed by atoms with Gasteiger partial charge in [-0.15, -0.1) is 0 Å². The van der Waals surface area contributed by atoms with Crippen molar-refractivity contribution in [1.82, 2.24) is 4.90 Å². The SMILES string of the molecule is CC(C)N(CCOc1ccc(Cc2c(OCCO)ccc3cc(O)ccc23)cc1)C(C)C. The number of phenols is 1. The van der Waals surface area contributed by atoms with E-state index in [0.29, 0.717) is 25.1 Å². The van der Waals surface area contributed by atoms with Crippen molar-refractivity contribution in [2.45, 2.75) is 46.2 Å². The molecule has 0 saturated carbocycles. The molecule has 0 spiro atoms. The summed E-state index contributed by atoms with van der Waals surface area (Å²) >= 11 is 0. The van der Waals surface area contributed by atoms with Crippen LogP contribution in [0.5, 0.6) is 17.2 Å². The molecular weight excluding hydrogens is 402 g/mol. The minimum Gasteiger partial charge on any atom is -0.508 e. The van der Waals surface area contributed by atoms with Gasteiger partial charge in [0, 0.05) is 30.6 Å². The van der Waals surface area contributed by atoms with Crippen molar-refractivity contribution < 1.29 is 19.7 Å². The van der Waals surface area contributed by atoms with Crippen molar-refractivity contribution in [1.29, 1.82) is 0 Å². The summed E-state index contributed by atoms with van der Waals surface area (Å²) in [5, 5.41) is 21.0. The number of hydrogen-bond donors (Lipinski definition) is 2. The molecule has 0 aliphatic rings. The van der Waals surface area contributed by atoms with Crippen LogP contribution in [0.4, 0.5) is 0 Å². The lowest BCUT2D eigenvalue weighted by Crippen LogP contribution is -2.39.